The van der Waals surface area contributed by atoms with Gasteiger partial charge in [-0.05, 0) is 31.0 Å². The fraction of sp³-hybridized carbons (Fsp3) is 0.294. The summed E-state index contributed by atoms with van der Waals surface area (Å²) in [6.07, 6.45) is 2.72. The van der Waals surface area contributed by atoms with E-state index in [1.807, 2.05) is 42.9 Å². The molecular weight excluding hydrogens is 312 g/mol. The number of hydrogen-bond acceptors (Lipinski definition) is 4. The van der Waals surface area contributed by atoms with Crippen molar-refractivity contribution in [2.45, 2.75) is 26.8 Å². The highest BCUT2D eigenvalue weighted by molar-refractivity contribution is 6.31. The van der Waals surface area contributed by atoms with Crippen molar-refractivity contribution in [2.24, 2.45) is 7.05 Å². The zero-order valence-electron chi connectivity index (χ0n) is 13.4. The van der Waals surface area contributed by atoms with Crippen LogP contribution in [-0.4, -0.2) is 14.9 Å². The Morgan fingerprint density at radius 2 is 2.13 bits per heavy atom. The molecule has 2 aromatic heterocycles. The first-order valence-electron chi connectivity index (χ1n) is 7.55. The molecule has 0 spiro atoms. The lowest BCUT2D eigenvalue weighted by Gasteiger charge is -2.07. The minimum atomic E-state index is 0.550. The van der Waals surface area contributed by atoms with Gasteiger partial charge in [0.15, 0.2) is 5.76 Å². The maximum absolute atomic E-state index is 6.23. The van der Waals surface area contributed by atoms with Gasteiger partial charge in [-0.3, -0.25) is 4.68 Å². The van der Waals surface area contributed by atoms with Gasteiger partial charge in [0.2, 0.25) is 0 Å². The number of rotatable bonds is 5. The Balaban J connectivity index is 1.70. The van der Waals surface area contributed by atoms with Crippen LogP contribution in [0.1, 0.15) is 23.9 Å². The second kappa shape index (κ2) is 6.46. The summed E-state index contributed by atoms with van der Waals surface area (Å²) in [6.45, 7) is 4.64. The van der Waals surface area contributed by atoms with Gasteiger partial charge in [-0.15, -0.1) is 0 Å². The van der Waals surface area contributed by atoms with Crippen LogP contribution in [0.4, 0.5) is 5.69 Å². The van der Waals surface area contributed by atoms with Crippen molar-refractivity contribution in [3.8, 4) is 11.3 Å². The van der Waals surface area contributed by atoms with E-state index >= 15 is 0 Å². The largest absolute Gasteiger partial charge is 0.378 e. The first kappa shape index (κ1) is 15.6. The normalized spacial score (nSPS) is 11.0. The highest BCUT2D eigenvalue weighted by Crippen LogP contribution is 2.24. The molecular formula is C17H19ClN4O. The van der Waals surface area contributed by atoms with Crippen LogP contribution in [0.5, 0.6) is 0 Å². The summed E-state index contributed by atoms with van der Waals surface area (Å²) >= 11 is 6.23. The predicted octanol–water partition coefficient (Wildman–Crippen LogP) is 4.21. The van der Waals surface area contributed by atoms with Crippen LogP contribution in [0.25, 0.3) is 11.3 Å². The highest BCUT2D eigenvalue weighted by Gasteiger charge is 2.12. The average molecular weight is 331 g/mol. The summed E-state index contributed by atoms with van der Waals surface area (Å²) in [7, 11) is 1.91. The van der Waals surface area contributed by atoms with Crippen molar-refractivity contribution in [3.63, 3.8) is 0 Å². The molecule has 0 aliphatic rings. The number of nitrogens with zero attached hydrogens (tertiary/aromatic N) is 3. The summed E-state index contributed by atoms with van der Waals surface area (Å²) in [5.41, 5.74) is 4.94. The van der Waals surface area contributed by atoms with E-state index < -0.39 is 0 Å². The van der Waals surface area contributed by atoms with Crippen LogP contribution in [0.15, 0.2) is 35.0 Å². The second-order valence-corrected chi connectivity index (χ2v) is 5.87. The van der Waals surface area contributed by atoms with Crippen LogP contribution >= 0.6 is 11.6 Å². The smallest absolute Gasteiger partial charge is 0.156 e. The summed E-state index contributed by atoms with van der Waals surface area (Å²) < 4.78 is 7.22. The number of aromatic nitrogens is 3. The van der Waals surface area contributed by atoms with Crippen LogP contribution in [-0.2, 0) is 20.0 Å². The maximum atomic E-state index is 6.23. The van der Waals surface area contributed by atoms with Crippen LogP contribution in [0, 0.1) is 6.92 Å². The van der Waals surface area contributed by atoms with E-state index in [2.05, 4.69) is 22.5 Å². The number of aryl methyl sites for hydroxylation is 2. The second-order valence-electron chi connectivity index (χ2n) is 5.46. The molecule has 3 aromatic rings. The standard InChI is InChI=1S/C17H19ClN4O/c1-4-12-5-6-13(7-16(12)18)19-9-14-8-17(21-23-14)15-10-20-22(3)11(15)2/h5-8,10,19H,4,9H2,1-3H3. The Kier molecular flexibility index (Phi) is 4.39. The molecule has 0 unspecified atom stereocenters. The molecule has 120 valence electrons. The number of nitrogens with one attached hydrogen (secondary N) is 1. The molecule has 0 aliphatic carbocycles. The molecule has 1 N–H and O–H groups in total. The average Bonchev–Trinajstić information content (AvgIpc) is 3.13. The fourth-order valence-corrected chi connectivity index (χ4v) is 2.72. The third kappa shape index (κ3) is 3.24. The molecule has 0 atom stereocenters. The van der Waals surface area contributed by atoms with Crippen molar-refractivity contribution >= 4 is 17.3 Å². The quantitative estimate of drug-likeness (QED) is 0.761. The van der Waals surface area contributed by atoms with Crippen molar-refractivity contribution in [1.82, 2.24) is 14.9 Å². The molecule has 0 aliphatic heterocycles. The van der Waals surface area contributed by atoms with Crippen LogP contribution in [0.2, 0.25) is 5.02 Å². The van der Waals surface area contributed by atoms with Crippen molar-refractivity contribution in [2.75, 3.05) is 5.32 Å². The summed E-state index contributed by atoms with van der Waals surface area (Å²) in [4.78, 5) is 0. The van der Waals surface area contributed by atoms with Gasteiger partial charge in [0.25, 0.3) is 0 Å². The molecule has 1 aromatic carbocycles. The van der Waals surface area contributed by atoms with Gasteiger partial charge in [0.05, 0.1) is 12.7 Å². The van der Waals surface area contributed by atoms with Gasteiger partial charge in [0.1, 0.15) is 5.69 Å². The molecule has 2 heterocycles. The summed E-state index contributed by atoms with van der Waals surface area (Å²) in [5.74, 6) is 0.763. The molecule has 6 heteroatoms. The summed E-state index contributed by atoms with van der Waals surface area (Å²) in [5, 5.41) is 12.4. The number of halogens is 1. The molecule has 0 saturated carbocycles. The van der Waals surface area contributed by atoms with E-state index in [-0.39, 0.29) is 0 Å². The topological polar surface area (TPSA) is 55.9 Å². The Bertz CT molecular complexity index is 822. The highest BCUT2D eigenvalue weighted by atomic mass is 35.5. The van der Waals surface area contributed by atoms with Gasteiger partial charge in [-0.2, -0.15) is 5.10 Å². The molecule has 23 heavy (non-hydrogen) atoms. The molecule has 0 radical (unpaired) electrons. The molecule has 0 fully saturated rings. The van der Waals surface area contributed by atoms with Crippen molar-refractivity contribution in [3.05, 3.63) is 52.5 Å². The van der Waals surface area contributed by atoms with E-state index in [1.54, 1.807) is 6.20 Å². The van der Waals surface area contributed by atoms with Crippen LogP contribution in [0.3, 0.4) is 0 Å². The zero-order valence-corrected chi connectivity index (χ0v) is 14.2. The molecule has 0 saturated heterocycles. The van der Waals surface area contributed by atoms with Gasteiger partial charge >= 0.3 is 0 Å². The minimum absolute atomic E-state index is 0.550. The van der Waals surface area contributed by atoms with Crippen molar-refractivity contribution < 1.29 is 4.52 Å². The maximum Gasteiger partial charge on any atom is 0.156 e. The number of anilines is 1. The first-order chi connectivity index (χ1) is 11.1. The van der Waals surface area contributed by atoms with Gasteiger partial charge in [0, 0.05) is 35.1 Å². The van der Waals surface area contributed by atoms with Gasteiger partial charge < -0.3 is 9.84 Å². The van der Waals surface area contributed by atoms with E-state index in [4.69, 9.17) is 16.1 Å². The number of hydrogen-bond donors (Lipinski definition) is 1. The Hall–Kier alpha value is -2.27. The monoisotopic (exact) mass is 330 g/mol. The van der Waals surface area contributed by atoms with Crippen molar-refractivity contribution in [1.29, 1.82) is 0 Å². The first-order valence-corrected chi connectivity index (χ1v) is 7.93. The van der Waals surface area contributed by atoms with Crippen LogP contribution < -0.4 is 5.32 Å². The minimum Gasteiger partial charge on any atom is -0.378 e. The zero-order chi connectivity index (χ0) is 16.4. The number of benzene rings is 1. The lowest BCUT2D eigenvalue weighted by atomic mass is 10.1. The van der Waals surface area contributed by atoms with Gasteiger partial charge in [-0.25, -0.2) is 0 Å². The molecule has 0 amide bonds. The summed E-state index contributed by atoms with van der Waals surface area (Å²) in [6, 6.07) is 7.92. The lowest BCUT2D eigenvalue weighted by molar-refractivity contribution is 0.390. The third-order valence-electron chi connectivity index (χ3n) is 3.97. The Morgan fingerprint density at radius 3 is 2.78 bits per heavy atom. The third-order valence-corrected chi connectivity index (χ3v) is 4.32. The fourth-order valence-electron chi connectivity index (χ4n) is 2.41. The van der Waals surface area contributed by atoms with E-state index in [1.165, 1.54) is 0 Å². The van der Waals surface area contributed by atoms with E-state index in [0.29, 0.717) is 6.54 Å². The SMILES string of the molecule is CCc1ccc(NCc2cc(-c3cnn(C)c3C)no2)cc1Cl. The Labute approximate surface area is 140 Å². The van der Waals surface area contributed by atoms with Gasteiger partial charge in [-0.1, -0.05) is 29.7 Å². The lowest BCUT2D eigenvalue weighted by Crippen LogP contribution is -1.98. The van der Waals surface area contributed by atoms with E-state index in [0.717, 1.165) is 45.4 Å². The van der Waals surface area contributed by atoms with E-state index in [9.17, 15) is 0 Å². The molecule has 3 rings (SSSR count). The predicted molar refractivity (Wildman–Crippen MR) is 91.6 cm³/mol. The molecule has 5 nitrogen and oxygen atoms in total. The molecule has 0 bridgehead atoms. The Morgan fingerprint density at radius 1 is 1.30 bits per heavy atom.